The lowest BCUT2D eigenvalue weighted by molar-refractivity contribution is -0.158. The van der Waals surface area contributed by atoms with E-state index < -0.39 is 5.79 Å². The molecule has 1 aliphatic heterocycles. The van der Waals surface area contributed by atoms with Crippen LogP contribution in [0.15, 0.2) is 10.5 Å². The lowest BCUT2D eigenvalue weighted by Gasteiger charge is -2.23. The maximum Gasteiger partial charge on any atom is 0.164 e. The van der Waals surface area contributed by atoms with Gasteiger partial charge in [-0.2, -0.15) is 0 Å². The third-order valence-electron chi connectivity index (χ3n) is 2.18. The second-order valence-corrected chi connectivity index (χ2v) is 5.79. The van der Waals surface area contributed by atoms with Crippen molar-refractivity contribution in [2.24, 2.45) is 0 Å². The summed E-state index contributed by atoms with van der Waals surface area (Å²) >= 11 is 5.72. The first-order chi connectivity index (χ1) is 6.41. The van der Waals surface area contributed by atoms with Gasteiger partial charge in [-0.05, 0) is 20.8 Å². The van der Waals surface area contributed by atoms with E-state index in [1.165, 1.54) is 11.3 Å². The SMILES string of the molecule is CC1(C)OC[C@](C)(c2cnc(S)s2)O1. The number of aromatic nitrogens is 1. The van der Waals surface area contributed by atoms with Crippen LogP contribution in [0.3, 0.4) is 0 Å². The highest BCUT2D eigenvalue weighted by atomic mass is 32.2. The number of thiol groups is 1. The quantitative estimate of drug-likeness (QED) is 0.753. The van der Waals surface area contributed by atoms with Crippen LogP contribution in [-0.2, 0) is 15.1 Å². The normalized spacial score (nSPS) is 30.9. The van der Waals surface area contributed by atoms with Crippen LogP contribution >= 0.6 is 24.0 Å². The zero-order valence-corrected chi connectivity index (χ0v) is 10.1. The van der Waals surface area contributed by atoms with Crippen molar-refractivity contribution in [2.75, 3.05) is 6.61 Å². The van der Waals surface area contributed by atoms with E-state index in [0.29, 0.717) is 6.61 Å². The largest absolute Gasteiger partial charge is 0.347 e. The van der Waals surface area contributed by atoms with Crippen molar-refractivity contribution in [3.8, 4) is 0 Å². The van der Waals surface area contributed by atoms with Gasteiger partial charge in [-0.15, -0.1) is 24.0 Å². The number of nitrogens with zero attached hydrogens (tertiary/aromatic N) is 1. The van der Waals surface area contributed by atoms with Gasteiger partial charge in [0.05, 0.1) is 11.5 Å². The van der Waals surface area contributed by atoms with Gasteiger partial charge in [-0.25, -0.2) is 4.98 Å². The summed E-state index contributed by atoms with van der Waals surface area (Å²) < 4.78 is 12.2. The summed E-state index contributed by atoms with van der Waals surface area (Å²) in [5, 5.41) is 0. The Bertz CT molecular complexity index is 350. The van der Waals surface area contributed by atoms with E-state index >= 15 is 0 Å². The number of rotatable bonds is 1. The summed E-state index contributed by atoms with van der Waals surface area (Å²) in [5.74, 6) is -0.504. The molecular weight excluding hydrogens is 218 g/mol. The molecule has 1 atom stereocenters. The zero-order valence-electron chi connectivity index (χ0n) is 8.40. The smallest absolute Gasteiger partial charge is 0.164 e. The van der Waals surface area contributed by atoms with E-state index in [0.717, 1.165) is 9.22 Å². The van der Waals surface area contributed by atoms with Crippen LogP contribution in [-0.4, -0.2) is 17.4 Å². The minimum atomic E-state index is -0.504. The molecule has 1 fully saturated rings. The minimum Gasteiger partial charge on any atom is -0.347 e. The maximum absolute atomic E-state index is 5.85. The molecule has 2 rings (SSSR count). The first-order valence-corrected chi connectivity index (χ1v) is 5.67. The van der Waals surface area contributed by atoms with Crippen molar-refractivity contribution in [3.63, 3.8) is 0 Å². The third-order valence-corrected chi connectivity index (χ3v) is 3.62. The van der Waals surface area contributed by atoms with Gasteiger partial charge in [0.1, 0.15) is 9.94 Å². The number of ether oxygens (including phenoxy) is 2. The average molecular weight is 231 g/mol. The van der Waals surface area contributed by atoms with Crippen LogP contribution in [0.1, 0.15) is 25.6 Å². The average Bonchev–Trinajstić information content (AvgIpc) is 2.57. The molecule has 0 amide bonds. The van der Waals surface area contributed by atoms with Crippen LogP contribution in [0.2, 0.25) is 0 Å². The van der Waals surface area contributed by atoms with Crippen molar-refractivity contribution in [2.45, 2.75) is 36.5 Å². The van der Waals surface area contributed by atoms with Crippen LogP contribution in [0.4, 0.5) is 0 Å². The Morgan fingerprint density at radius 2 is 2.21 bits per heavy atom. The highest BCUT2D eigenvalue weighted by molar-refractivity contribution is 7.82. The molecule has 1 saturated heterocycles. The molecule has 5 heteroatoms. The van der Waals surface area contributed by atoms with Crippen molar-refractivity contribution >= 4 is 24.0 Å². The van der Waals surface area contributed by atoms with Crippen molar-refractivity contribution in [1.29, 1.82) is 0 Å². The topological polar surface area (TPSA) is 31.4 Å². The molecule has 0 unspecified atom stereocenters. The van der Waals surface area contributed by atoms with Crippen LogP contribution in [0.25, 0.3) is 0 Å². The molecule has 1 aromatic rings. The Hall–Kier alpha value is -0.100. The summed E-state index contributed by atoms with van der Waals surface area (Å²) in [6.07, 6.45) is 1.80. The highest BCUT2D eigenvalue weighted by Crippen LogP contribution is 2.40. The molecular formula is C9H13NO2S2. The highest BCUT2D eigenvalue weighted by Gasteiger charge is 2.44. The zero-order chi connectivity index (χ0) is 10.4. The Labute approximate surface area is 92.9 Å². The van der Waals surface area contributed by atoms with E-state index in [2.05, 4.69) is 17.6 Å². The van der Waals surface area contributed by atoms with E-state index in [1.807, 2.05) is 20.8 Å². The van der Waals surface area contributed by atoms with Crippen LogP contribution < -0.4 is 0 Å². The Kier molecular flexibility index (Phi) is 2.38. The summed E-state index contributed by atoms with van der Waals surface area (Å²) in [7, 11) is 0. The monoisotopic (exact) mass is 231 g/mol. The lowest BCUT2D eigenvalue weighted by Crippen LogP contribution is -2.27. The van der Waals surface area contributed by atoms with Crippen LogP contribution in [0, 0.1) is 0 Å². The third kappa shape index (κ3) is 1.82. The summed E-state index contributed by atoms with van der Waals surface area (Å²) in [6, 6.07) is 0. The fourth-order valence-electron chi connectivity index (χ4n) is 1.54. The summed E-state index contributed by atoms with van der Waals surface area (Å²) in [6.45, 7) is 6.42. The van der Waals surface area contributed by atoms with Crippen LogP contribution in [0.5, 0.6) is 0 Å². The first kappa shape index (κ1) is 10.4. The number of hydrogen-bond acceptors (Lipinski definition) is 5. The Morgan fingerprint density at radius 1 is 1.50 bits per heavy atom. The fourth-order valence-corrected chi connectivity index (χ4v) is 2.62. The molecule has 14 heavy (non-hydrogen) atoms. The van der Waals surface area contributed by atoms with Gasteiger partial charge in [0.25, 0.3) is 0 Å². The van der Waals surface area contributed by atoms with Gasteiger partial charge < -0.3 is 9.47 Å². The molecule has 0 bridgehead atoms. The van der Waals surface area contributed by atoms with Gasteiger partial charge >= 0.3 is 0 Å². The van der Waals surface area contributed by atoms with Gasteiger partial charge in [0.15, 0.2) is 5.79 Å². The maximum atomic E-state index is 5.85. The predicted molar refractivity (Wildman–Crippen MR) is 57.8 cm³/mol. The first-order valence-electron chi connectivity index (χ1n) is 4.41. The minimum absolute atomic E-state index is 0.373. The predicted octanol–water partition coefficient (Wildman–Crippen LogP) is 2.43. The summed E-state index contributed by atoms with van der Waals surface area (Å²) in [5.41, 5.74) is -0.373. The Balaban J connectivity index is 2.27. The molecule has 0 aliphatic carbocycles. The molecule has 0 aromatic carbocycles. The van der Waals surface area contributed by atoms with Crippen molar-refractivity contribution in [1.82, 2.24) is 4.98 Å². The molecule has 0 radical (unpaired) electrons. The molecule has 2 heterocycles. The Morgan fingerprint density at radius 3 is 2.64 bits per heavy atom. The van der Waals surface area contributed by atoms with Gasteiger partial charge in [-0.1, -0.05) is 0 Å². The van der Waals surface area contributed by atoms with Crippen molar-refractivity contribution < 1.29 is 9.47 Å². The van der Waals surface area contributed by atoms with E-state index in [9.17, 15) is 0 Å². The lowest BCUT2D eigenvalue weighted by atomic mass is 10.1. The fraction of sp³-hybridized carbons (Fsp3) is 0.667. The second kappa shape index (κ2) is 3.20. The van der Waals surface area contributed by atoms with Gasteiger partial charge in [-0.3, -0.25) is 0 Å². The molecule has 1 aromatic heterocycles. The standard InChI is InChI=1S/C9H13NO2S2/c1-8(2)11-5-9(3,12-8)6-4-10-7(13)14-6/h4H,5H2,1-3H3,(H,10,13)/t9-/m1/s1. The molecule has 0 N–H and O–H groups in total. The molecule has 0 spiro atoms. The van der Waals surface area contributed by atoms with Gasteiger partial charge in [0, 0.05) is 6.20 Å². The molecule has 3 nitrogen and oxygen atoms in total. The van der Waals surface area contributed by atoms with E-state index in [-0.39, 0.29) is 5.60 Å². The van der Waals surface area contributed by atoms with E-state index in [4.69, 9.17) is 9.47 Å². The van der Waals surface area contributed by atoms with Crippen molar-refractivity contribution in [3.05, 3.63) is 11.1 Å². The number of hydrogen-bond donors (Lipinski definition) is 1. The molecule has 78 valence electrons. The second-order valence-electron chi connectivity index (χ2n) is 4.03. The van der Waals surface area contributed by atoms with E-state index in [1.54, 1.807) is 6.20 Å². The summed E-state index contributed by atoms with van der Waals surface area (Å²) in [4.78, 5) is 5.16. The number of thiazole rings is 1. The van der Waals surface area contributed by atoms with Gasteiger partial charge in [0.2, 0.25) is 0 Å². The molecule has 1 aliphatic rings. The molecule has 0 saturated carbocycles.